The average molecular weight is 419 g/mol. The van der Waals surface area contributed by atoms with E-state index in [9.17, 15) is 19.1 Å². The molecular formula is C23H27FO4S. The van der Waals surface area contributed by atoms with Crippen molar-refractivity contribution in [2.24, 2.45) is 11.8 Å². The molecule has 29 heavy (non-hydrogen) atoms. The van der Waals surface area contributed by atoms with Gasteiger partial charge in [0.2, 0.25) is 0 Å². The van der Waals surface area contributed by atoms with E-state index in [1.807, 2.05) is 42.5 Å². The molecule has 0 aliphatic heterocycles. The van der Waals surface area contributed by atoms with Gasteiger partial charge in [0.15, 0.2) is 0 Å². The highest BCUT2D eigenvalue weighted by atomic mass is 32.1. The topological polar surface area (TPSA) is 74.6 Å². The molecule has 0 spiro atoms. The van der Waals surface area contributed by atoms with Crippen LogP contribution in [0.4, 0.5) is 4.39 Å². The second kappa shape index (κ2) is 10.1. The first kappa shape index (κ1) is 21.7. The number of alkyl halides is 1. The van der Waals surface area contributed by atoms with Crippen LogP contribution in [0.15, 0.2) is 42.5 Å². The molecule has 4 atom stereocenters. The number of fused-ring (bicyclic) bond motifs is 1. The Labute approximate surface area is 174 Å². The van der Waals surface area contributed by atoms with Crippen molar-refractivity contribution in [3.63, 3.8) is 0 Å². The summed E-state index contributed by atoms with van der Waals surface area (Å²) in [6, 6.07) is 9.93. The number of carboxylic acids is 1. The fourth-order valence-corrected chi connectivity index (χ4v) is 5.15. The highest BCUT2D eigenvalue weighted by Gasteiger charge is 2.41. The third-order valence-corrected chi connectivity index (χ3v) is 6.87. The smallest absolute Gasteiger partial charge is 0.303 e. The van der Waals surface area contributed by atoms with Gasteiger partial charge in [-0.25, -0.2) is 4.39 Å². The molecule has 0 unspecified atom stereocenters. The van der Waals surface area contributed by atoms with Gasteiger partial charge in [-0.3, -0.25) is 9.59 Å². The first-order valence-electron chi connectivity index (χ1n) is 10.2. The lowest BCUT2D eigenvalue weighted by molar-refractivity contribution is -0.137. The maximum absolute atomic E-state index is 14.4. The molecule has 1 aliphatic carbocycles. The highest BCUT2D eigenvalue weighted by molar-refractivity contribution is 7.19. The first-order valence-corrected chi connectivity index (χ1v) is 11.0. The molecule has 0 saturated heterocycles. The number of halogens is 1. The molecule has 0 bridgehead atoms. The Morgan fingerprint density at radius 2 is 2.10 bits per heavy atom. The van der Waals surface area contributed by atoms with Gasteiger partial charge in [0.25, 0.3) is 0 Å². The van der Waals surface area contributed by atoms with Gasteiger partial charge in [0.05, 0.1) is 6.10 Å². The lowest BCUT2D eigenvalue weighted by atomic mass is 9.87. The van der Waals surface area contributed by atoms with Gasteiger partial charge in [-0.15, -0.1) is 11.3 Å². The molecule has 1 aromatic carbocycles. The Morgan fingerprint density at radius 3 is 2.86 bits per heavy atom. The van der Waals surface area contributed by atoms with Gasteiger partial charge in [0, 0.05) is 34.3 Å². The number of aliphatic carboxylic acids is 1. The minimum absolute atomic E-state index is 0.0405. The van der Waals surface area contributed by atoms with Gasteiger partial charge in [-0.05, 0) is 49.6 Å². The highest BCUT2D eigenvalue weighted by Crippen LogP contribution is 2.40. The number of rotatable bonds is 10. The number of allylic oxidation sites excluding steroid dienone is 2. The number of ketones is 1. The van der Waals surface area contributed by atoms with Crippen molar-refractivity contribution in [3.05, 3.63) is 47.4 Å². The molecular weight excluding hydrogens is 391 g/mol. The number of unbranched alkanes of at least 4 members (excludes halogenated alkanes) is 1. The summed E-state index contributed by atoms with van der Waals surface area (Å²) in [5.74, 6) is -1.58. The van der Waals surface area contributed by atoms with E-state index in [-0.39, 0.29) is 30.5 Å². The summed E-state index contributed by atoms with van der Waals surface area (Å²) in [7, 11) is 0. The minimum Gasteiger partial charge on any atom is -0.481 e. The van der Waals surface area contributed by atoms with Gasteiger partial charge in [0.1, 0.15) is 12.0 Å². The predicted octanol–water partition coefficient (Wildman–Crippen LogP) is 5.46. The summed E-state index contributed by atoms with van der Waals surface area (Å²) in [6.07, 6.45) is 4.62. The number of hydrogen-bond acceptors (Lipinski definition) is 4. The maximum Gasteiger partial charge on any atom is 0.303 e. The van der Waals surface area contributed by atoms with Crippen molar-refractivity contribution in [2.75, 3.05) is 0 Å². The Balaban J connectivity index is 1.53. The number of hydrogen-bond donors (Lipinski definition) is 2. The molecule has 1 aromatic heterocycles. The third-order valence-electron chi connectivity index (χ3n) is 5.66. The summed E-state index contributed by atoms with van der Waals surface area (Å²) in [5.41, 5.74) is 0. The van der Waals surface area contributed by atoms with E-state index in [0.29, 0.717) is 32.1 Å². The van der Waals surface area contributed by atoms with E-state index in [1.54, 1.807) is 11.3 Å². The van der Waals surface area contributed by atoms with Crippen molar-refractivity contribution < 1.29 is 24.2 Å². The number of thiophene rings is 1. The minimum atomic E-state index is -1.15. The van der Waals surface area contributed by atoms with Crippen molar-refractivity contribution in [1.82, 2.24) is 0 Å². The van der Waals surface area contributed by atoms with Gasteiger partial charge in [-0.2, -0.15) is 0 Å². The molecule has 6 heteroatoms. The van der Waals surface area contributed by atoms with Crippen molar-refractivity contribution in [3.8, 4) is 0 Å². The van der Waals surface area contributed by atoms with E-state index < -0.39 is 18.2 Å². The zero-order valence-corrected chi connectivity index (χ0v) is 17.1. The van der Waals surface area contributed by atoms with Crippen LogP contribution in [0.1, 0.15) is 55.9 Å². The number of carboxylic acid groups (broad SMARTS) is 1. The van der Waals surface area contributed by atoms with E-state index >= 15 is 0 Å². The number of benzene rings is 1. The zero-order valence-electron chi connectivity index (χ0n) is 16.3. The molecule has 1 fully saturated rings. The second-order valence-electron chi connectivity index (χ2n) is 7.73. The third kappa shape index (κ3) is 5.73. The van der Waals surface area contributed by atoms with E-state index in [1.165, 1.54) is 0 Å². The molecule has 0 amide bonds. The normalized spacial score (nSPS) is 23.2. The predicted molar refractivity (Wildman–Crippen MR) is 113 cm³/mol. The van der Waals surface area contributed by atoms with E-state index in [0.717, 1.165) is 15.0 Å². The SMILES string of the molecule is O=C(O)CCCC=CC[C@H]1C(=O)C[C@H](F)[C@@H]1CC[C@@H](O)c1cc2ccccc2s1. The summed E-state index contributed by atoms with van der Waals surface area (Å²) in [6.45, 7) is 0. The van der Waals surface area contributed by atoms with Crippen LogP contribution < -0.4 is 0 Å². The monoisotopic (exact) mass is 418 g/mol. The van der Waals surface area contributed by atoms with Gasteiger partial charge in [-0.1, -0.05) is 30.4 Å². The molecule has 4 nitrogen and oxygen atoms in total. The summed E-state index contributed by atoms with van der Waals surface area (Å²) in [5, 5.41) is 20.3. The van der Waals surface area contributed by atoms with Crippen LogP contribution in [0.5, 0.6) is 0 Å². The second-order valence-corrected chi connectivity index (χ2v) is 8.84. The van der Waals surface area contributed by atoms with Crippen LogP contribution in [0.2, 0.25) is 0 Å². The van der Waals surface area contributed by atoms with E-state index in [4.69, 9.17) is 5.11 Å². The van der Waals surface area contributed by atoms with Crippen LogP contribution in [0.25, 0.3) is 10.1 Å². The number of Topliss-reactive ketones (excluding diaryl/α,β-unsaturated/α-hetero) is 1. The number of aliphatic hydroxyl groups is 1. The lowest BCUT2D eigenvalue weighted by Crippen LogP contribution is -2.19. The number of carbonyl (C=O) groups excluding carboxylic acids is 1. The van der Waals surface area contributed by atoms with Crippen molar-refractivity contribution >= 4 is 33.2 Å². The summed E-state index contributed by atoms with van der Waals surface area (Å²) >= 11 is 1.55. The largest absolute Gasteiger partial charge is 0.481 e. The molecule has 2 N–H and O–H groups in total. The fourth-order valence-electron chi connectivity index (χ4n) is 4.07. The van der Waals surface area contributed by atoms with Crippen LogP contribution in [-0.4, -0.2) is 28.1 Å². The lowest BCUT2D eigenvalue weighted by Gasteiger charge is -2.20. The Morgan fingerprint density at radius 1 is 1.31 bits per heavy atom. The van der Waals surface area contributed by atoms with Crippen molar-refractivity contribution in [1.29, 1.82) is 0 Å². The molecule has 1 saturated carbocycles. The van der Waals surface area contributed by atoms with Gasteiger partial charge < -0.3 is 10.2 Å². The van der Waals surface area contributed by atoms with Gasteiger partial charge >= 0.3 is 5.97 Å². The average Bonchev–Trinajstić information content (AvgIpc) is 3.23. The molecule has 156 valence electrons. The van der Waals surface area contributed by atoms with Crippen molar-refractivity contribution in [2.45, 2.75) is 57.2 Å². The Hall–Kier alpha value is -2.05. The van der Waals surface area contributed by atoms with Crippen LogP contribution in [0.3, 0.4) is 0 Å². The Bertz CT molecular complexity index is 842. The van der Waals surface area contributed by atoms with E-state index in [2.05, 4.69) is 0 Å². The summed E-state index contributed by atoms with van der Waals surface area (Å²) in [4.78, 5) is 23.6. The molecule has 1 aliphatic rings. The summed E-state index contributed by atoms with van der Waals surface area (Å²) < 4.78 is 15.6. The standard InChI is InChI=1S/C23H27FO4S/c24-18-14-20(26)17(8-3-1-2-4-10-23(27)28)16(18)11-12-19(25)22-13-15-7-5-6-9-21(15)29-22/h1,3,5-7,9,13,16-19,25H,2,4,8,10-12,14H2,(H,27,28)/t16-,17-,18+,19-/m1/s1. The molecule has 0 radical (unpaired) electrons. The molecule has 1 heterocycles. The maximum atomic E-state index is 14.4. The van der Waals surface area contributed by atoms with Crippen LogP contribution >= 0.6 is 11.3 Å². The number of carbonyl (C=O) groups is 2. The van der Waals surface area contributed by atoms with Crippen LogP contribution in [-0.2, 0) is 9.59 Å². The molecule has 3 rings (SSSR count). The fraction of sp³-hybridized carbons (Fsp3) is 0.478. The Kier molecular flexibility index (Phi) is 7.56. The molecule has 2 aromatic rings. The number of aliphatic hydroxyl groups excluding tert-OH is 1. The zero-order chi connectivity index (χ0) is 20.8. The van der Waals surface area contributed by atoms with Crippen LogP contribution in [0, 0.1) is 11.8 Å². The quantitative estimate of drug-likeness (QED) is 0.397. The first-order chi connectivity index (χ1) is 14.0.